The second-order valence-corrected chi connectivity index (χ2v) is 6.49. The molecule has 0 aromatic carbocycles. The van der Waals surface area contributed by atoms with Crippen molar-refractivity contribution in [3.63, 3.8) is 0 Å². The van der Waals surface area contributed by atoms with Gasteiger partial charge >= 0.3 is 0 Å². The molecule has 0 radical (unpaired) electrons. The molecule has 0 spiro atoms. The van der Waals surface area contributed by atoms with Gasteiger partial charge in [0.2, 0.25) is 5.91 Å². The van der Waals surface area contributed by atoms with Crippen molar-refractivity contribution >= 4 is 23.3 Å². The maximum Gasteiger partial charge on any atom is 0.226 e. The maximum absolute atomic E-state index is 12.6. The van der Waals surface area contributed by atoms with Crippen LogP contribution >= 0.6 is 11.6 Å². The average Bonchev–Trinajstić information content (AvgIpc) is 3.20. The molecular weight excluding hydrogens is 314 g/mol. The molecule has 0 N–H and O–H groups in total. The van der Waals surface area contributed by atoms with E-state index in [2.05, 4.69) is 9.88 Å². The molecule has 2 aromatic rings. The van der Waals surface area contributed by atoms with Crippen LogP contribution in [0.5, 0.6) is 0 Å². The largest absolute Gasteiger partial charge is 0.469 e. The Morgan fingerprint density at radius 2 is 2.04 bits per heavy atom. The highest BCUT2D eigenvalue weighted by Crippen LogP contribution is 2.48. The smallest absolute Gasteiger partial charge is 0.226 e. The molecule has 2 atom stereocenters. The number of hydrogen-bond acceptors (Lipinski definition) is 4. The molecule has 1 saturated carbocycles. The van der Waals surface area contributed by atoms with Crippen molar-refractivity contribution in [3.8, 4) is 0 Å². The minimum Gasteiger partial charge on any atom is -0.469 e. The van der Waals surface area contributed by atoms with Crippen LogP contribution in [0.15, 0.2) is 41.1 Å². The van der Waals surface area contributed by atoms with E-state index < -0.39 is 0 Å². The van der Waals surface area contributed by atoms with Crippen molar-refractivity contribution < 1.29 is 9.21 Å². The number of halogens is 1. The monoisotopic (exact) mass is 331 g/mol. The minimum atomic E-state index is 0.0890. The quantitative estimate of drug-likeness (QED) is 0.867. The van der Waals surface area contributed by atoms with Gasteiger partial charge in [-0.25, -0.2) is 4.98 Å². The number of hydrogen-bond donors (Lipinski definition) is 0. The van der Waals surface area contributed by atoms with Crippen LogP contribution in [0.3, 0.4) is 0 Å². The number of carbonyl (C=O) groups is 1. The summed E-state index contributed by atoms with van der Waals surface area (Å²) >= 11 is 6.20. The number of aromatic nitrogens is 1. The minimum absolute atomic E-state index is 0.0890. The van der Waals surface area contributed by atoms with Crippen LogP contribution < -0.4 is 4.90 Å². The van der Waals surface area contributed by atoms with E-state index in [0.717, 1.165) is 31.1 Å². The summed E-state index contributed by atoms with van der Waals surface area (Å²) in [5.41, 5.74) is 0. The summed E-state index contributed by atoms with van der Waals surface area (Å²) in [6, 6.07) is 7.51. The van der Waals surface area contributed by atoms with Crippen LogP contribution in [0.4, 0.5) is 5.82 Å². The van der Waals surface area contributed by atoms with Crippen LogP contribution in [0, 0.1) is 5.92 Å². The Hall–Kier alpha value is -2.01. The van der Waals surface area contributed by atoms with Crippen LogP contribution in [0.2, 0.25) is 5.02 Å². The van der Waals surface area contributed by atoms with E-state index in [0.29, 0.717) is 18.1 Å². The highest BCUT2D eigenvalue weighted by Gasteiger charge is 2.47. The zero-order valence-corrected chi connectivity index (χ0v) is 13.4. The zero-order valence-electron chi connectivity index (χ0n) is 12.7. The van der Waals surface area contributed by atoms with Crippen molar-refractivity contribution in [2.24, 2.45) is 5.92 Å². The molecule has 2 aromatic heterocycles. The Morgan fingerprint density at radius 1 is 1.22 bits per heavy atom. The molecule has 2 aliphatic rings. The van der Waals surface area contributed by atoms with Gasteiger partial charge < -0.3 is 14.2 Å². The second kappa shape index (κ2) is 5.89. The molecular formula is C17H18ClN3O2. The summed E-state index contributed by atoms with van der Waals surface area (Å²) in [7, 11) is 0. The number of rotatable bonds is 3. The van der Waals surface area contributed by atoms with Crippen molar-refractivity contribution in [1.82, 2.24) is 9.88 Å². The van der Waals surface area contributed by atoms with E-state index in [-0.39, 0.29) is 17.7 Å². The summed E-state index contributed by atoms with van der Waals surface area (Å²) in [5.74, 6) is 2.34. The van der Waals surface area contributed by atoms with Crippen molar-refractivity contribution in [2.75, 3.05) is 31.1 Å². The van der Waals surface area contributed by atoms with Crippen LogP contribution in [0.25, 0.3) is 0 Å². The molecule has 1 aliphatic heterocycles. The summed E-state index contributed by atoms with van der Waals surface area (Å²) in [6.45, 7) is 2.96. The molecule has 120 valence electrons. The fourth-order valence-corrected chi connectivity index (χ4v) is 3.51. The third-order valence-electron chi connectivity index (χ3n) is 4.65. The maximum atomic E-state index is 12.6. The predicted molar refractivity (Wildman–Crippen MR) is 87.6 cm³/mol. The van der Waals surface area contributed by atoms with Gasteiger partial charge in [-0.3, -0.25) is 4.79 Å². The van der Waals surface area contributed by atoms with Gasteiger partial charge in [0.25, 0.3) is 0 Å². The van der Waals surface area contributed by atoms with Crippen molar-refractivity contribution in [3.05, 3.63) is 47.5 Å². The summed E-state index contributed by atoms with van der Waals surface area (Å²) in [6.07, 6.45) is 4.32. The predicted octanol–water partition coefficient (Wildman–Crippen LogP) is 2.78. The lowest BCUT2D eigenvalue weighted by Gasteiger charge is -2.35. The number of nitrogens with zero attached hydrogens (tertiary/aromatic N) is 3. The lowest BCUT2D eigenvalue weighted by Crippen LogP contribution is -2.49. The Bertz CT molecular complexity index is 696. The molecule has 2 fully saturated rings. The first-order valence-corrected chi connectivity index (χ1v) is 8.29. The highest BCUT2D eigenvalue weighted by atomic mass is 35.5. The van der Waals surface area contributed by atoms with E-state index in [4.69, 9.17) is 16.0 Å². The van der Waals surface area contributed by atoms with Crippen molar-refractivity contribution in [1.29, 1.82) is 0 Å². The van der Waals surface area contributed by atoms with Gasteiger partial charge in [-0.2, -0.15) is 0 Å². The van der Waals surface area contributed by atoms with E-state index in [9.17, 15) is 4.79 Å². The molecule has 1 aliphatic carbocycles. The van der Waals surface area contributed by atoms with Gasteiger partial charge in [0.1, 0.15) is 11.6 Å². The van der Waals surface area contributed by atoms with Gasteiger partial charge in [-0.15, -0.1) is 0 Å². The van der Waals surface area contributed by atoms with Crippen LogP contribution in [0.1, 0.15) is 18.1 Å². The van der Waals surface area contributed by atoms with Crippen molar-refractivity contribution in [2.45, 2.75) is 12.3 Å². The Morgan fingerprint density at radius 3 is 2.74 bits per heavy atom. The molecule has 23 heavy (non-hydrogen) atoms. The van der Waals surface area contributed by atoms with Crippen LogP contribution in [-0.2, 0) is 4.79 Å². The van der Waals surface area contributed by atoms with Gasteiger partial charge in [-0.1, -0.05) is 11.6 Å². The van der Waals surface area contributed by atoms with E-state index in [1.54, 1.807) is 12.5 Å². The second-order valence-electron chi connectivity index (χ2n) is 6.09. The molecule has 3 heterocycles. The molecule has 1 amide bonds. The lowest BCUT2D eigenvalue weighted by atomic mass is 10.2. The topological polar surface area (TPSA) is 49.6 Å². The highest BCUT2D eigenvalue weighted by molar-refractivity contribution is 6.32. The van der Waals surface area contributed by atoms with E-state index in [1.165, 1.54) is 0 Å². The zero-order chi connectivity index (χ0) is 15.8. The van der Waals surface area contributed by atoms with Gasteiger partial charge in [0.05, 0.1) is 11.3 Å². The molecule has 0 bridgehead atoms. The normalized spacial score (nSPS) is 23.9. The third-order valence-corrected chi connectivity index (χ3v) is 4.94. The van der Waals surface area contributed by atoms with Crippen LogP contribution in [-0.4, -0.2) is 42.0 Å². The molecule has 5 nitrogen and oxygen atoms in total. The first-order chi connectivity index (χ1) is 11.2. The Kier molecular flexibility index (Phi) is 3.73. The molecule has 1 saturated heterocycles. The number of anilines is 1. The average molecular weight is 332 g/mol. The fourth-order valence-electron chi connectivity index (χ4n) is 3.27. The Balaban J connectivity index is 1.35. The number of pyridine rings is 1. The van der Waals surface area contributed by atoms with Gasteiger partial charge in [-0.05, 0) is 30.7 Å². The van der Waals surface area contributed by atoms with Gasteiger partial charge in [0, 0.05) is 44.2 Å². The summed E-state index contributed by atoms with van der Waals surface area (Å²) in [4.78, 5) is 21.0. The van der Waals surface area contributed by atoms with E-state index >= 15 is 0 Å². The number of amides is 1. The number of piperazine rings is 1. The SMILES string of the molecule is O=C([C@H]1C[C@H]1c1ccco1)N1CCN(c2ncccc2Cl)CC1. The Labute approximate surface area is 139 Å². The third kappa shape index (κ3) is 2.81. The summed E-state index contributed by atoms with van der Waals surface area (Å²) in [5, 5.41) is 0.660. The molecule has 0 unspecified atom stereocenters. The lowest BCUT2D eigenvalue weighted by molar-refractivity contribution is -0.133. The number of carbonyl (C=O) groups excluding carboxylic acids is 1. The van der Waals surface area contributed by atoms with E-state index in [1.807, 2.05) is 29.2 Å². The first-order valence-electron chi connectivity index (χ1n) is 7.91. The number of furan rings is 1. The first kappa shape index (κ1) is 14.6. The van der Waals surface area contributed by atoms with Gasteiger partial charge in [0.15, 0.2) is 0 Å². The summed E-state index contributed by atoms with van der Waals surface area (Å²) < 4.78 is 5.41. The fraction of sp³-hybridized carbons (Fsp3) is 0.412. The molecule has 6 heteroatoms. The molecule has 4 rings (SSSR count). The standard InChI is InChI=1S/C17H18ClN3O2/c18-14-3-1-5-19-16(14)20-6-8-21(9-7-20)17(22)13-11-12(13)15-4-2-10-23-15/h1-5,10,12-13H,6-9,11H2/t12-,13+/m1/s1.